The average Bonchev–Trinajstić information content (AvgIpc) is 2.62. The molecule has 4 nitrogen and oxygen atoms in total. The van der Waals surface area contributed by atoms with Crippen LogP contribution in [0.1, 0.15) is 41.3 Å². The number of carbonyl (C=O) groups is 2. The van der Waals surface area contributed by atoms with Crippen LogP contribution in [0, 0.1) is 6.92 Å². The zero-order chi connectivity index (χ0) is 18.2. The first-order valence-corrected chi connectivity index (χ1v) is 8.25. The van der Waals surface area contributed by atoms with Gasteiger partial charge < -0.3 is 9.47 Å². The summed E-state index contributed by atoms with van der Waals surface area (Å²) in [5, 5.41) is 0. The van der Waals surface area contributed by atoms with E-state index in [4.69, 9.17) is 9.47 Å². The van der Waals surface area contributed by atoms with Crippen molar-refractivity contribution in [2.45, 2.75) is 33.0 Å². The summed E-state index contributed by atoms with van der Waals surface area (Å²) in [5.74, 6) is -0.285. The van der Waals surface area contributed by atoms with E-state index in [1.165, 1.54) is 0 Å². The summed E-state index contributed by atoms with van der Waals surface area (Å²) in [6, 6.07) is 14.4. The molecule has 0 radical (unpaired) electrons. The summed E-state index contributed by atoms with van der Waals surface area (Å²) >= 11 is 0. The zero-order valence-electron chi connectivity index (χ0n) is 14.5. The van der Waals surface area contributed by atoms with Crippen LogP contribution >= 0.6 is 0 Å². The van der Waals surface area contributed by atoms with Gasteiger partial charge in [0.15, 0.2) is 5.78 Å². The molecule has 4 heteroatoms. The second-order valence-electron chi connectivity index (χ2n) is 5.67. The van der Waals surface area contributed by atoms with Gasteiger partial charge in [-0.15, -0.1) is 0 Å². The van der Waals surface area contributed by atoms with Crippen LogP contribution in [0.3, 0.4) is 0 Å². The summed E-state index contributed by atoms with van der Waals surface area (Å²) < 4.78 is 11.1. The lowest BCUT2D eigenvalue weighted by molar-refractivity contribution is -0.158. The van der Waals surface area contributed by atoms with Gasteiger partial charge in [-0.3, -0.25) is 4.79 Å². The fraction of sp³-hybridized carbons (Fsp3) is 0.238. The third-order valence-corrected chi connectivity index (χ3v) is 3.61. The van der Waals surface area contributed by atoms with E-state index in [1.807, 2.05) is 38.1 Å². The highest BCUT2D eigenvalue weighted by atomic mass is 16.7. The van der Waals surface area contributed by atoms with Crippen molar-refractivity contribution in [3.8, 4) is 5.75 Å². The van der Waals surface area contributed by atoms with Gasteiger partial charge in [-0.05, 0) is 31.0 Å². The molecule has 0 saturated carbocycles. The molecule has 0 aromatic heterocycles. The third-order valence-electron chi connectivity index (χ3n) is 3.61. The SMILES string of the molecule is C=CC(=O)OC(CCC)Oc1cc(C)ccc1C(=O)c1ccccc1. The molecule has 0 aliphatic carbocycles. The maximum absolute atomic E-state index is 12.8. The van der Waals surface area contributed by atoms with Crippen molar-refractivity contribution in [2.75, 3.05) is 0 Å². The number of ether oxygens (including phenoxy) is 2. The van der Waals surface area contributed by atoms with Crippen LogP contribution in [0.2, 0.25) is 0 Å². The number of carbonyl (C=O) groups excluding carboxylic acids is 2. The molecule has 0 N–H and O–H groups in total. The van der Waals surface area contributed by atoms with Gasteiger partial charge in [-0.25, -0.2) is 4.79 Å². The molecule has 1 atom stereocenters. The molecule has 0 fully saturated rings. The highest BCUT2D eigenvalue weighted by Crippen LogP contribution is 2.25. The monoisotopic (exact) mass is 338 g/mol. The molecular formula is C21H22O4. The number of hydrogen-bond acceptors (Lipinski definition) is 4. The fourth-order valence-corrected chi connectivity index (χ4v) is 2.36. The Hall–Kier alpha value is -2.88. The zero-order valence-corrected chi connectivity index (χ0v) is 14.5. The minimum absolute atomic E-state index is 0.138. The summed E-state index contributed by atoms with van der Waals surface area (Å²) in [4.78, 5) is 24.3. The number of hydrogen-bond donors (Lipinski definition) is 0. The first-order valence-electron chi connectivity index (χ1n) is 8.25. The first kappa shape index (κ1) is 18.5. The van der Waals surface area contributed by atoms with Crippen molar-refractivity contribution in [3.63, 3.8) is 0 Å². The molecule has 2 aromatic rings. The predicted molar refractivity (Wildman–Crippen MR) is 96.7 cm³/mol. The lowest BCUT2D eigenvalue weighted by Crippen LogP contribution is -2.24. The molecular weight excluding hydrogens is 316 g/mol. The van der Waals surface area contributed by atoms with Gasteiger partial charge >= 0.3 is 5.97 Å². The Balaban J connectivity index is 2.32. The Bertz CT molecular complexity index is 750. The minimum atomic E-state index is -0.764. The Morgan fingerprint density at radius 2 is 1.88 bits per heavy atom. The highest BCUT2D eigenvalue weighted by molar-refractivity contribution is 6.10. The standard InChI is InChI=1S/C21H22O4/c1-4-9-20(25-19(22)5-2)24-18-14-15(3)12-13-17(18)21(23)16-10-7-6-8-11-16/h5-8,10-14,20H,2,4,9H2,1,3H3. The number of rotatable bonds is 8. The number of aryl methyl sites for hydroxylation is 1. The normalized spacial score (nSPS) is 11.4. The Morgan fingerprint density at radius 1 is 1.16 bits per heavy atom. The molecule has 0 heterocycles. The Labute approximate surface area is 148 Å². The van der Waals surface area contributed by atoms with E-state index < -0.39 is 12.3 Å². The second kappa shape index (κ2) is 8.83. The minimum Gasteiger partial charge on any atom is -0.454 e. The van der Waals surface area contributed by atoms with Crippen molar-refractivity contribution in [3.05, 3.63) is 77.9 Å². The second-order valence-corrected chi connectivity index (χ2v) is 5.67. The summed E-state index contributed by atoms with van der Waals surface area (Å²) in [6.07, 6.45) is 1.62. The lowest BCUT2D eigenvalue weighted by atomic mass is 10.0. The third kappa shape index (κ3) is 5.05. The maximum atomic E-state index is 12.8. The van der Waals surface area contributed by atoms with Gasteiger partial charge in [-0.1, -0.05) is 49.9 Å². The van der Waals surface area contributed by atoms with Gasteiger partial charge in [0.05, 0.1) is 5.56 Å². The first-order chi connectivity index (χ1) is 12.0. The summed E-state index contributed by atoms with van der Waals surface area (Å²) in [7, 11) is 0. The van der Waals surface area contributed by atoms with Crippen LogP contribution in [0.15, 0.2) is 61.2 Å². The number of benzene rings is 2. The van der Waals surface area contributed by atoms with Crippen molar-refractivity contribution < 1.29 is 19.1 Å². The Morgan fingerprint density at radius 3 is 2.52 bits per heavy atom. The van der Waals surface area contributed by atoms with Crippen molar-refractivity contribution in [2.24, 2.45) is 0 Å². The average molecular weight is 338 g/mol. The smallest absolute Gasteiger partial charge is 0.333 e. The quantitative estimate of drug-likeness (QED) is 0.309. The van der Waals surface area contributed by atoms with E-state index >= 15 is 0 Å². The molecule has 2 aromatic carbocycles. The molecule has 0 bridgehead atoms. The van der Waals surface area contributed by atoms with Gasteiger partial charge in [0.2, 0.25) is 6.29 Å². The van der Waals surface area contributed by atoms with Crippen molar-refractivity contribution in [1.82, 2.24) is 0 Å². The Kier molecular flexibility index (Phi) is 6.52. The van der Waals surface area contributed by atoms with Crippen LogP contribution in [0.5, 0.6) is 5.75 Å². The van der Waals surface area contributed by atoms with Crippen LogP contribution in [0.25, 0.3) is 0 Å². The molecule has 0 aliphatic heterocycles. The van der Waals surface area contributed by atoms with Crippen LogP contribution in [0.4, 0.5) is 0 Å². The lowest BCUT2D eigenvalue weighted by Gasteiger charge is -2.20. The van der Waals surface area contributed by atoms with Crippen LogP contribution in [-0.2, 0) is 9.53 Å². The van der Waals surface area contributed by atoms with Gasteiger partial charge in [0.25, 0.3) is 0 Å². The topological polar surface area (TPSA) is 52.6 Å². The number of ketones is 1. The van der Waals surface area contributed by atoms with E-state index in [0.29, 0.717) is 23.3 Å². The predicted octanol–water partition coefficient (Wildman–Crippen LogP) is 4.46. The van der Waals surface area contributed by atoms with E-state index in [-0.39, 0.29) is 5.78 Å². The molecule has 0 aliphatic rings. The molecule has 130 valence electrons. The van der Waals surface area contributed by atoms with Gasteiger partial charge in [-0.2, -0.15) is 0 Å². The maximum Gasteiger partial charge on any atom is 0.333 e. The largest absolute Gasteiger partial charge is 0.454 e. The molecule has 25 heavy (non-hydrogen) atoms. The molecule has 1 unspecified atom stereocenters. The highest BCUT2D eigenvalue weighted by Gasteiger charge is 2.20. The molecule has 0 saturated heterocycles. The van der Waals surface area contributed by atoms with E-state index in [1.54, 1.807) is 24.3 Å². The molecule has 0 amide bonds. The van der Waals surface area contributed by atoms with E-state index in [9.17, 15) is 9.59 Å². The number of esters is 1. The molecule has 0 spiro atoms. The van der Waals surface area contributed by atoms with Crippen LogP contribution < -0.4 is 4.74 Å². The van der Waals surface area contributed by atoms with Gasteiger partial charge in [0.1, 0.15) is 5.75 Å². The van der Waals surface area contributed by atoms with Gasteiger partial charge in [0, 0.05) is 18.1 Å². The van der Waals surface area contributed by atoms with Crippen molar-refractivity contribution >= 4 is 11.8 Å². The summed E-state index contributed by atoms with van der Waals surface area (Å²) in [5.41, 5.74) is 1.96. The van der Waals surface area contributed by atoms with E-state index in [2.05, 4.69) is 6.58 Å². The summed E-state index contributed by atoms with van der Waals surface area (Å²) in [6.45, 7) is 7.27. The van der Waals surface area contributed by atoms with Crippen LogP contribution in [-0.4, -0.2) is 18.0 Å². The molecule has 2 rings (SSSR count). The van der Waals surface area contributed by atoms with Crippen molar-refractivity contribution in [1.29, 1.82) is 0 Å². The van der Waals surface area contributed by atoms with E-state index in [0.717, 1.165) is 18.1 Å². The fourth-order valence-electron chi connectivity index (χ4n) is 2.36.